The van der Waals surface area contributed by atoms with Crippen LogP contribution in [0.25, 0.3) is 0 Å². The number of hydrogen-bond donors (Lipinski definition) is 3. The van der Waals surface area contributed by atoms with Gasteiger partial charge in [-0.3, -0.25) is 0 Å². The van der Waals surface area contributed by atoms with Gasteiger partial charge in [0.2, 0.25) is 0 Å². The maximum Gasteiger partial charge on any atom is 0.317 e. The molecule has 0 spiro atoms. The second-order valence-corrected chi connectivity index (χ2v) is 4.84. The van der Waals surface area contributed by atoms with Gasteiger partial charge in [0.25, 0.3) is 0 Å². The molecule has 0 bridgehead atoms. The normalized spacial score (nSPS) is 12.0. The monoisotopic (exact) mass is 266 g/mol. The van der Waals surface area contributed by atoms with Crippen molar-refractivity contribution in [2.24, 2.45) is 5.92 Å². The van der Waals surface area contributed by atoms with Crippen LogP contribution in [-0.2, 0) is 0 Å². The van der Waals surface area contributed by atoms with E-state index in [1.807, 2.05) is 0 Å². The highest BCUT2D eigenvalue weighted by Crippen LogP contribution is 2.16. The minimum absolute atomic E-state index is 0.180. The Hall–Kier alpha value is -1.91. The molecule has 19 heavy (non-hydrogen) atoms. The van der Waals surface area contributed by atoms with Crippen molar-refractivity contribution in [1.82, 2.24) is 10.6 Å². The SMILES string of the molecule is CC(C)CCNC(=O)NC(C)Oc1ccc(O)cc1. The molecular formula is C14H22N2O3. The molecule has 0 saturated heterocycles. The van der Waals surface area contributed by atoms with E-state index in [0.717, 1.165) is 6.42 Å². The molecule has 2 amide bonds. The van der Waals surface area contributed by atoms with Gasteiger partial charge in [-0.25, -0.2) is 4.79 Å². The van der Waals surface area contributed by atoms with Crippen molar-refractivity contribution in [3.05, 3.63) is 24.3 Å². The van der Waals surface area contributed by atoms with E-state index in [-0.39, 0.29) is 11.8 Å². The van der Waals surface area contributed by atoms with Gasteiger partial charge in [0.05, 0.1) is 0 Å². The first kappa shape index (κ1) is 15.1. The molecule has 0 aliphatic carbocycles. The van der Waals surface area contributed by atoms with Gasteiger partial charge in [-0.1, -0.05) is 13.8 Å². The summed E-state index contributed by atoms with van der Waals surface area (Å²) in [6.45, 7) is 6.61. The Morgan fingerprint density at radius 3 is 2.47 bits per heavy atom. The van der Waals surface area contributed by atoms with Crippen molar-refractivity contribution in [1.29, 1.82) is 0 Å². The lowest BCUT2D eigenvalue weighted by atomic mass is 10.1. The van der Waals surface area contributed by atoms with Gasteiger partial charge >= 0.3 is 6.03 Å². The molecule has 0 aromatic heterocycles. The number of hydrogen-bond acceptors (Lipinski definition) is 3. The van der Waals surface area contributed by atoms with Crippen molar-refractivity contribution < 1.29 is 14.6 Å². The number of ether oxygens (including phenoxy) is 1. The van der Waals surface area contributed by atoms with E-state index >= 15 is 0 Å². The predicted octanol–water partition coefficient (Wildman–Crippen LogP) is 2.46. The van der Waals surface area contributed by atoms with E-state index in [2.05, 4.69) is 24.5 Å². The van der Waals surface area contributed by atoms with Crippen LogP contribution < -0.4 is 15.4 Å². The van der Waals surface area contributed by atoms with Crippen molar-refractivity contribution in [3.63, 3.8) is 0 Å². The summed E-state index contributed by atoms with van der Waals surface area (Å²) in [5.41, 5.74) is 0. The Bertz CT molecular complexity index is 390. The highest BCUT2D eigenvalue weighted by atomic mass is 16.5. The van der Waals surface area contributed by atoms with Crippen molar-refractivity contribution in [2.45, 2.75) is 33.4 Å². The van der Waals surface area contributed by atoms with Crippen LogP contribution in [0, 0.1) is 5.92 Å². The number of carbonyl (C=O) groups excluding carboxylic acids is 1. The topological polar surface area (TPSA) is 70.6 Å². The lowest BCUT2D eigenvalue weighted by Crippen LogP contribution is -2.43. The maximum absolute atomic E-state index is 11.5. The van der Waals surface area contributed by atoms with Crippen LogP contribution >= 0.6 is 0 Å². The summed E-state index contributed by atoms with van der Waals surface area (Å²) in [4.78, 5) is 11.5. The number of rotatable bonds is 6. The van der Waals surface area contributed by atoms with Crippen molar-refractivity contribution >= 4 is 6.03 Å². The van der Waals surface area contributed by atoms with E-state index in [0.29, 0.717) is 18.2 Å². The van der Waals surface area contributed by atoms with Crippen molar-refractivity contribution in [2.75, 3.05) is 6.54 Å². The third kappa shape index (κ3) is 6.55. The fraction of sp³-hybridized carbons (Fsp3) is 0.500. The second-order valence-electron chi connectivity index (χ2n) is 4.84. The number of urea groups is 1. The first-order valence-corrected chi connectivity index (χ1v) is 6.47. The first-order chi connectivity index (χ1) is 8.97. The van der Waals surface area contributed by atoms with Gasteiger partial charge in [-0.15, -0.1) is 0 Å². The summed E-state index contributed by atoms with van der Waals surface area (Å²) >= 11 is 0. The molecule has 0 saturated carbocycles. The second kappa shape index (κ2) is 7.51. The molecule has 0 aliphatic rings. The van der Waals surface area contributed by atoms with E-state index in [1.54, 1.807) is 19.1 Å². The Balaban J connectivity index is 2.28. The van der Waals surface area contributed by atoms with Crippen LogP contribution in [0.3, 0.4) is 0 Å². The number of amides is 2. The largest absolute Gasteiger partial charge is 0.508 e. The molecule has 1 atom stereocenters. The van der Waals surface area contributed by atoms with Gasteiger partial charge in [0.15, 0.2) is 6.23 Å². The predicted molar refractivity (Wildman–Crippen MR) is 74.2 cm³/mol. The smallest absolute Gasteiger partial charge is 0.317 e. The van der Waals surface area contributed by atoms with Crippen LogP contribution in [0.4, 0.5) is 4.79 Å². The number of benzene rings is 1. The van der Waals surface area contributed by atoms with Crippen LogP contribution in [0.2, 0.25) is 0 Å². The molecule has 0 heterocycles. The van der Waals surface area contributed by atoms with Gasteiger partial charge in [-0.2, -0.15) is 0 Å². The minimum Gasteiger partial charge on any atom is -0.508 e. The molecule has 106 valence electrons. The van der Waals surface area contributed by atoms with Crippen LogP contribution in [0.5, 0.6) is 11.5 Å². The summed E-state index contributed by atoms with van der Waals surface area (Å²) in [7, 11) is 0. The summed E-state index contributed by atoms with van der Waals surface area (Å²) in [5, 5.41) is 14.6. The molecule has 0 radical (unpaired) electrons. The van der Waals surface area contributed by atoms with Gasteiger partial charge in [0, 0.05) is 6.54 Å². The Kier molecular flexibility index (Phi) is 5.99. The molecular weight excluding hydrogens is 244 g/mol. The Labute approximate surface area is 114 Å². The first-order valence-electron chi connectivity index (χ1n) is 6.47. The quantitative estimate of drug-likeness (QED) is 0.693. The number of carbonyl (C=O) groups is 1. The zero-order valence-electron chi connectivity index (χ0n) is 11.6. The molecule has 1 aromatic rings. The summed E-state index contributed by atoms with van der Waals surface area (Å²) in [6, 6.07) is 6.11. The Morgan fingerprint density at radius 2 is 1.89 bits per heavy atom. The number of aromatic hydroxyl groups is 1. The fourth-order valence-corrected chi connectivity index (χ4v) is 1.47. The van der Waals surface area contributed by atoms with Crippen LogP contribution in [0.1, 0.15) is 27.2 Å². The zero-order chi connectivity index (χ0) is 14.3. The van der Waals surface area contributed by atoms with E-state index in [9.17, 15) is 4.79 Å². The number of phenols is 1. The zero-order valence-corrected chi connectivity index (χ0v) is 11.6. The third-order valence-electron chi connectivity index (χ3n) is 2.49. The van der Waals surface area contributed by atoms with Crippen LogP contribution in [-0.4, -0.2) is 23.9 Å². The maximum atomic E-state index is 11.5. The summed E-state index contributed by atoms with van der Waals surface area (Å²) < 4.78 is 5.48. The van der Waals surface area contributed by atoms with Gasteiger partial charge < -0.3 is 20.5 Å². The molecule has 1 unspecified atom stereocenters. The third-order valence-corrected chi connectivity index (χ3v) is 2.49. The molecule has 3 N–H and O–H groups in total. The van der Waals surface area contributed by atoms with E-state index < -0.39 is 6.23 Å². The molecule has 5 heteroatoms. The van der Waals surface area contributed by atoms with E-state index in [1.165, 1.54) is 12.1 Å². The summed E-state index contributed by atoms with van der Waals surface area (Å²) in [6.07, 6.45) is 0.504. The minimum atomic E-state index is -0.441. The number of phenolic OH excluding ortho intramolecular Hbond substituents is 1. The molecule has 5 nitrogen and oxygen atoms in total. The lowest BCUT2D eigenvalue weighted by Gasteiger charge is -2.17. The molecule has 0 fully saturated rings. The molecule has 1 aromatic carbocycles. The highest BCUT2D eigenvalue weighted by Gasteiger charge is 2.08. The molecule has 1 rings (SSSR count). The summed E-state index contributed by atoms with van der Waals surface area (Å²) in [5.74, 6) is 1.33. The van der Waals surface area contributed by atoms with Crippen molar-refractivity contribution in [3.8, 4) is 11.5 Å². The molecule has 0 aliphatic heterocycles. The van der Waals surface area contributed by atoms with E-state index in [4.69, 9.17) is 9.84 Å². The van der Waals surface area contributed by atoms with Gasteiger partial charge in [0.1, 0.15) is 11.5 Å². The lowest BCUT2D eigenvalue weighted by molar-refractivity contribution is 0.177. The average molecular weight is 266 g/mol. The van der Waals surface area contributed by atoms with Gasteiger partial charge in [-0.05, 0) is 43.5 Å². The Morgan fingerprint density at radius 1 is 1.26 bits per heavy atom. The van der Waals surface area contributed by atoms with Crippen LogP contribution in [0.15, 0.2) is 24.3 Å². The standard InChI is InChI=1S/C14H22N2O3/c1-10(2)8-9-15-14(18)16-11(3)19-13-6-4-12(17)5-7-13/h4-7,10-11,17H,8-9H2,1-3H3,(H2,15,16,18). The number of nitrogens with one attached hydrogen (secondary N) is 2. The highest BCUT2D eigenvalue weighted by molar-refractivity contribution is 5.73. The fourth-order valence-electron chi connectivity index (χ4n) is 1.47. The average Bonchev–Trinajstić information content (AvgIpc) is 2.31.